The molecule has 0 heterocycles. The maximum absolute atomic E-state index is 12.0. The topological polar surface area (TPSA) is 139 Å². The smallest absolute Gasteiger partial charge is 0.331 e. The van der Waals surface area contributed by atoms with Gasteiger partial charge in [-0.1, -0.05) is 12.1 Å². The molecular formula is C13H12N2O8. The molecule has 0 radical (unpaired) electrons. The molecule has 10 heteroatoms. The van der Waals surface area contributed by atoms with Gasteiger partial charge in [-0.15, -0.1) is 0 Å². The normalized spacial score (nSPS) is 21.1. The van der Waals surface area contributed by atoms with Gasteiger partial charge in [0.25, 0.3) is 5.69 Å². The van der Waals surface area contributed by atoms with Crippen LogP contribution in [0.15, 0.2) is 24.3 Å². The van der Waals surface area contributed by atoms with E-state index in [9.17, 15) is 29.8 Å². The first-order chi connectivity index (χ1) is 10.8. The molecule has 2 atom stereocenters. The summed E-state index contributed by atoms with van der Waals surface area (Å²) in [5.74, 6) is -3.26. The average molecular weight is 324 g/mol. The summed E-state index contributed by atoms with van der Waals surface area (Å²) in [6, 6.07) is 3.28. The van der Waals surface area contributed by atoms with E-state index in [0.29, 0.717) is 0 Å². The van der Waals surface area contributed by atoms with Crippen LogP contribution in [0.3, 0.4) is 0 Å². The fraction of sp³-hybridized carbons (Fsp3) is 0.385. The van der Waals surface area contributed by atoms with Crippen molar-refractivity contribution in [3.8, 4) is 0 Å². The number of hydrogen-bond acceptors (Lipinski definition) is 8. The molecule has 1 saturated carbocycles. The Kier molecular flexibility index (Phi) is 4.00. The average Bonchev–Trinajstić information content (AvgIpc) is 3.25. The van der Waals surface area contributed by atoms with Crippen molar-refractivity contribution in [1.82, 2.24) is 0 Å². The fourth-order valence-corrected chi connectivity index (χ4v) is 2.82. The second kappa shape index (κ2) is 5.63. The van der Waals surface area contributed by atoms with Crippen LogP contribution < -0.4 is 0 Å². The highest BCUT2D eigenvalue weighted by Crippen LogP contribution is 2.62. The third kappa shape index (κ3) is 2.28. The minimum atomic E-state index is -2.08. The van der Waals surface area contributed by atoms with E-state index in [4.69, 9.17) is 0 Å². The number of non-ortho nitro benzene ring substituents is 1. The molecule has 1 aromatic rings. The first kappa shape index (κ1) is 16.3. The standard InChI is InChI=1S/C13H12N2O8/c1-22-11(16)13(12(17)23-2)9(10(13)15(20)21)7-3-5-8(6-4-7)14(18)19/h3-6,9-10H,1-2H3. The van der Waals surface area contributed by atoms with Crippen molar-refractivity contribution in [3.05, 3.63) is 50.1 Å². The number of benzene rings is 1. The number of methoxy groups -OCH3 is 2. The summed E-state index contributed by atoms with van der Waals surface area (Å²) in [6.07, 6.45) is 0. The number of esters is 2. The number of hydrogen-bond donors (Lipinski definition) is 0. The lowest BCUT2D eigenvalue weighted by atomic mass is 9.99. The van der Waals surface area contributed by atoms with Crippen LogP contribution in [0.25, 0.3) is 0 Å². The maximum atomic E-state index is 12.0. The van der Waals surface area contributed by atoms with Crippen molar-refractivity contribution in [1.29, 1.82) is 0 Å². The van der Waals surface area contributed by atoms with Crippen molar-refractivity contribution in [2.24, 2.45) is 5.41 Å². The molecule has 2 unspecified atom stereocenters. The van der Waals surface area contributed by atoms with E-state index in [1.54, 1.807) is 0 Å². The Balaban J connectivity index is 2.50. The fourth-order valence-electron chi connectivity index (χ4n) is 2.82. The van der Waals surface area contributed by atoms with Gasteiger partial charge in [0, 0.05) is 17.1 Å². The molecule has 0 aromatic heterocycles. The van der Waals surface area contributed by atoms with Gasteiger partial charge in [-0.2, -0.15) is 0 Å². The predicted octanol–water partition coefficient (Wildman–Crippen LogP) is 0.670. The van der Waals surface area contributed by atoms with Crippen LogP contribution in [-0.4, -0.2) is 42.0 Å². The number of ether oxygens (including phenoxy) is 2. The van der Waals surface area contributed by atoms with E-state index < -0.39 is 39.2 Å². The van der Waals surface area contributed by atoms with Crippen molar-refractivity contribution in [2.75, 3.05) is 14.2 Å². The van der Waals surface area contributed by atoms with E-state index in [1.807, 2.05) is 0 Å². The van der Waals surface area contributed by atoms with Crippen LogP contribution in [0.1, 0.15) is 11.5 Å². The predicted molar refractivity (Wildman–Crippen MR) is 73.1 cm³/mol. The molecular weight excluding hydrogens is 312 g/mol. The Morgan fingerprint density at radius 2 is 1.52 bits per heavy atom. The van der Waals surface area contributed by atoms with Crippen molar-refractivity contribution >= 4 is 17.6 Å². The van der Waals surface area contributed by atoms with Crippen molar-refractivity contribution < 1.29 is 28.9 Å². The summed E-state index contributed by atoms with van der Waals surface area (Å²) < 4.78 is 9.08. The lowest BCUT2D eigenvalue weighted by Gasteiger charge is -2.10. The van der Waals surface area contributed by atoms with E-state index in [1.165, 1.54) is 12.1 Å². The van der Waals surface area contributed by atoms with Gasteiger partial charge < -0.3 is 9.47 Å². The van der Waals surface area contributed by atoms with Crippen LogP contribution in [-0.2, 0) is 19.1 Å². The first-order valence-electron chi connectivity index (χ1n) is 6.37. The Morgan fingerprint density at radius 3 is 1.87 bits per heavy atom. The van der Waals surface area contributed by atoms with Gasteiger partial charge in [-0.05, 0) is 5.56 Å². The van der Waals surface area contributed by atoms with Gasteiger partial charge in [0.15, 0.2) is 0 Å². The summed E-state index contributed by atoms with van der Waals surface area (Å²) in [7, 11) is 2.02. The van der Waals surface area contributed by atoms with Gasteiger partial charge in [-0.3, -0.25) is 29.8 Å². The molecule has 1 aromatic carbocycles. The molecule has 23 heavy (non-hydrogen) atoms. The lowest BCUT2D eigenvalue weighted by Crippen LogP contribution is -2.34. The molecule has 0 saturated heterocycles. The van der Waals surface area contributed by atoms with Crippen LogP contribution in [0.2, 0.25) is 0 Å². The minimum absolute atomic E-state index is 0.214. The summed E-state index contributed by atoms with van der Waals surface area (Å²) in [5.41, 5.74) is -2.05. The number of carbonyl (C=O) groups excluding carboxylic acids is 2. The van der Waals surface area contributed by atoms with Crippen LogP contribution in [0, 0.1) is 25.6 Å². The number of nitrogens with zero attached hydrogens (tertiary/aromatic N) is 2. The highest BCUT2D eigenvalue weighted by molar-refractivity contribution is 6.06. The highest BCUT2D eigenvalue weighted by atomic mass is 16.6. The molecule has 0 spiro atoms. The summed E-state index contributed by atoms with van der Waals surface area (Å²) >= 11 is 0. The summed E-state index contributed by atoms with van der Waals surface area (Å²) in [4.78, 5) is 44.6. The zero-order valence-electron chi connectivity index (χ0n) is 12.1. The number of rotatable bonds is 5. The third-order valence-corrected chi connectivity index (χ3v) is 3.90. The van der Waals surface area contributed by atoms with Gasteiger partial charge >= 0.3 is 11.9 Å². The molecule has 10 nitrogen and oxygen atoms in total. The van der Waals surface area contributed by atoms with Crippen molar-refractivity contribution in [2.45, 2.75) is 12.0 Å². The number of nitro groups is 2. The largest absolute Gasteiger partial charge is 0.468 e. The van der Waals surface area contributed by atoms with Gasteiger partial charge in [-0.25, -0.2) is 0 Å². The SMILES string of the molecule is COC(=O)C1(C(=O)OC)C(c2ccc([N+](=O)[O-])cc2)C1[N+](=O)[O-]. The minimum Gasteiger partial charge on any atom is -0.468 e. The molecule has 0 N–H and O–H groups in total. The zero-order chi connectivity index (χ0) is 17.4. The number of nitro benzene ring substituents is 1. The molecule has 0 amide bonds. The molecule has 122 valence electrons. The van der Waals surface area contributed by atoms with E-state index >= 15 is 0 Å². The second-order valence-electron chi connectivity index (χ2n) is 4.91. The van der Waals surface area contributed by atoms with E-state index in [-0.39, 0.29) is 11.3 Å². The van der Waals surface area contributed by atoms with Crippen LogP contribution >= 0.6 is 0 Å². The van der Waals surface area contributed by atoms with Gasteiger partial charge in [0.2, 0.25) is 11.5 Å². The Hall–Kier alpha value is -3.04. The summed E-state index contributed by atoms with van der Waals surface area (Å²) in [6.45, 7) is 0. The highest BCUT2D eigenvalue weighted by Gasteiger charge is 2.85. The van der Waals surface area contributed by atoms with Crippen molar-refractivity contribution in [3.63, 3.8) is 0 Å². The van der Waals surface area contributed by atoms with Crippen LogP contribution in [0.4, 0.5) is 5.69 Å². The molecule has 0 aliphatic heterocycles. The molecule has 1 aliphatic rings. The number of carbonyl (C=O) groups is 2. The molecule has 1 aliphatic carbocycles. The Morgan fingerprint density at radius 1 is 1.04 bits per heavy atom. The van der Waals surface area contributed by atoms with E-state index in [2.05, 4.69) is 9.47 Å². The molecule has 2 rings (SSSR count). The quantitative estimate of drug-likeness (QED) is 0.333. The van der Waals surface area contributed by atoms with E-state index in [0.717, 1.165) is 26.4 Å². The van der Waals surface area contributed by atoms with Gasteiger partial charge in [0.1, 0.15) is 0 Å². The molecule has 0 bridgehead atoms. The Labute approximate surface area is 129 Å². The second-order valence-corrected chi connectivity index (χ2v) is 4.91. The lowest BCUT2D eigenvalue weighted by molar-refractivity contribution is -0.501. The van der Waals surface area contributed by atoms with Gasteiger partial charge in [0.05, 0.1) is 25.1 Å². The first-order valence-corrected chi connectivity index (χ1v) is 6.37. The zero-order valence-corrected chi connectivity index (χ0v) is 12.1. The van der Waals surface area contributed by atoms with Crippen LogP contribution in [0.5, 0.6) is 0 Å². The monoisotopic (exact) mass is 324 g/mol. The molecule has 1 fully saturated rings. The maximum Gasteiger partial charge on any atom is 0.331 e. The Bertz CT molecular complexity index is 668. The summed E-state index contributed by atoms with van der Waals surface area (Å²) in [5, 5.41) is 21.9. The third-order valence-electron chi connectivity index (χ3n) is 3.90.